The summed E-state index contributed by atoms with van der Waals surface area (Å²) in [7, 11) is -3.87. The number of aryl methyl sites for hydroxylation is 1. The molecule has 1 heterocycles. The molecular weight excluding hydrogens is 405 g/mol. The zero-order chi connectivity index (χ0) is 21.1. The number of alkyl halides is 3. The molecule has 0 bridgehead atoms. The first-order chi connectivity index (χ1) is 13.7. The molecule has 29 heavy (non-hydrogen) atoms. The molecule has 0 amide bonds. The van der Waals surface area contributed by atoms with Gasteiger partial charge in [-0.3, -0.25) is 0 Å². The first kappa shape index (κ1) is 20.8. The van der Waals surface area contributed by atoms with Gasteiger partial charge in [0, 0.05) is 0 Å². The summed E-state index contributed by atoms with van der Waals surface area (Å²) in [5, 5.41) is 3.99. The maximum atomic E-state index is 12.8. The monoisotopic (exact) mass is 424 g/mol. The van der Waals surface area contributed by atoms with Crippen LogP contribution in [0.1, 0.15) is 30.0 Å². The van der Waals surface area contributed by atoms with Gasteiger partial charge in [0.15, 0.2) is 0 Å². The Kier molecular flexibility index (Phi) is 5.92. The zero-order valence-electron chi connectivity index (χ0n) is 15.5. The number of aromatic nitrogens is 3. The highest BCUT2D eigenvalue weighted by Gasteiger charge is 2.30. The smallest absolute Gasteiger partial charge is 0.246 e. The number of hydrogen-bond donors (Lipinski definition) is 1. The highest BCUT2D eigenvalue weighted by Crippen LogP contribution is 2.29. The molecule has 2 aromatic carbocycles. The average Bonchev–Trinajstić information content (AvgIpc) is 3.08. The SMILES string of the molecule is CCCc1ccc(S(=O)(=O)Nc2ncn(Cc3cccc(C(F)(F)F)c3)n2)cc1. The zero-order valence-corrected chi connectivity index (χ0v) is 16.3. The number of rotatable bonds is 7. The van der Waals surface area contributed by atoms with Gasteiger partial charge in [-0.25, -0.2) is 17.8 Å². The van der Waals surface area contributed by atoms with Crippen LogP contribution in [0, 0.1) is 0 Å². The minimum atomic E-state index is -4.44. The Morgan fingerprint density at radius 1 is 1.07 bits per heavy atom. The van der Waals surface area contributed by atoms with Crippen LogP contribution in [0.3, 0.4) is 0 Å². The molecular formula is C19H19F3N4O2S. The molecule has 154 valence electrons. The molecule has 1 aromatic heterocycles. The number of anilines is 1. The van der Waals surface area contributed by atoms with E-state index in [2.05, 4.69) is 14.8 Å². The number of sulfonamides is 1. The molecule has 0 saturated heterocycles. The molecule has 1 N–H and O–H groups in total. The molecule has 0 fully saturated rings. The fraction of sp³-hybridized carbons (Fsp3) is 0.263. The minimum Gasteiger partial charge on any atom is -0.246 e. The van der Waals surface area contributed by atoms with Crippen molar-refractivity contribution in [1.82, 2.24) is 14.8 Å². The van der Waals surface area contributed by atoms with E-state index in [1.807, 2.05) is 6.92 Å². The fourth-order valence-electron chi connectivity index (χ4n) is 2.75. The van der Waals surface area contributed by atoms with Gasteiger partial charge in [-0.15, -0.1) is 5.10 Å². The summed E-state index contributed by atoms with van der Waals surface area (Å²) in [5.74, 6) is -0.158. The Morgan fingerprint density at radius 2 is 1.79 bits per heavy atom. The van der Waals surface area contributed by atoms with Gasteiger partial charge in [-0.1, -0.05) is 37.6 Å². The van der Waals surface area contributed by atoms with Crippen molar-refractivity contribution in [2.45, 2.75) is 37.4 Å². The molecule has 0 unspecified atom stereocenters. The summed E-state index contributed by atoms with van der Waals surface area (Å²) >= 11 is 0. The van der Waals surface area contributed by atoms with Crippen molar-refractivity contribution in [2.24, 2.45) is 0 Å². The van der Waals surface area contributed by atoms with Crippen molar-refractivity contribution in [3.05, 3.63) is 71.5 Å². The molecule has 0 aliphatic rings. The van der Waals surface area contributed by atoms with Gasteiger partial charge in [-0.05, 0) is 41.8 Å². The summed E-state index contributed by atoms with van der Waals surface area (Å²) in [5.41, 5.74) is 0.642. The van der Waals surface area contributed by atoms with Crippen molar-refractivity contribution < 1.29 is 21.6 Å². The summed E-state index contributed by atoms with van der Waals surface area (Å²) in [6.07, 6.45) is -1.37. The molecule has 3 aromatic rings. The van der Waals surface area contributed by atoms with Gasteiger partial charge >= 0.3 is 6.18 Å². The van der Waals surface area contributed by atoms with E-state index in [0.717, 1.165) is 30.5 Å². The lowest BCUT2D eigenvalue weighted by Gasteiger charge is -2.08. The third-order valence-corrected chi connectivity index (χ3v) is 5.48. The number of hydrogen-bond acceptors (Lipinski definition) is 4. The number of benzene rings is 2. The Hall–Kier alpha value is -2.88. The quantitative estimate of drug-likeness (QED) is 0.620. The third kappa shape index (κ3) is 5.35. The highest BCUT2D eigenvalue weighted by atomic mass is 32.2. The molecule has 0 aliphatic heterocycles. The Bertz CT molecular complexity index is 1080. The largest absolute Gasteiger partial charge is 0.416 e. The molecule has 0 saturated carbocycles. The number of nitrogens with one attached hydrogen (secondary N) is 1. The standard InChI is InChI=1S/C19H19F3N4O2S/c1-2-4-14-7-9-17(10-8-14)29(27,28)25-18-23-13-26(24-18)12-15-5-3-6-16(11-15)19(20,21)22/h3,5-11,13H,2,4,12H2,1H3,(H,24,25). The van der Waals surface area contributed by atoms with Crippen LogP contribution in [-0.4, -0.2) is 23.2 Å². The second-order valence-corrected chi connectivity index (χ2v) is 8.15. The summed E-state index contributed by atoms with van der Waals surface area (Å²) in [6.45, 7) is 2.05. The van der Waals surface area contributed by atoms with E-state index in [4.69, 9.17) is 0 Å². The van der Waals surface area contributed by atoms with E-state index >= 15 is 0 Å². The lowest BCUT2D eigenvalue weighted by Crippen LogP contribution is -2.14. The second kappa shape index (κ2) is 8.24. The van der Waals surface area contributed by atoms with E-state index < -0.39 is 21.8 Å². The van der Waals surface area contributed by atoms with Crippen LogP contribution in [0.15, 0.2) is 59.8 Å². The maximum absolute atomic E-state index is 12.8. The van der Waals surface area contributed by atoms with Crippen molar-refractivity contribution in [1.29, 1.82) is 0 Å². The fourth-order valence-corrected chi connectivity index (χ4v) is 3.70. The van der Waals surface area contributed by atoms with E-state index in [1.165, 1.54) is 35.3 Å². The van der Waals surface area contributed by atoms with Gasteiger partial charge in [-0.2, -0.15) is 18.2 Å². The van der Waals surface area contributed by atoms with Crippen LogP contribution >= 0.6 is 0 Å². The lowest BCUT2D eigenvalue weighted by atomic mass is 10.1. The predicted octanol–water partition coefficient (Wildman–Crippen LogP) is 4.10. The molecule has 6 nitrogen and oxygen atoms in total. The van der Waals surface area contributed by atoms with Crippen LogP contribution in [0.25, 0.3) is 0 Å². The maximum Gasteiger partial charge on any atom is 0.416 e. The van der Waals surface area contributed by atoms with Crippen molar-refractivity contribution >= 4 is 16.0 Å². The Balaban J connectivity index is 1.71. The Labute approximate surface area is 166 Å². The van der Waals surface area contributed by atoms with E-state index in [1.54, 1.807) is 12.1 Å². The molecule has 10 heteroatoms. The van der Waals surface area contributed by atoms with Gasteiger partial charge < -0.3 is 0 Å². The Morgan fingerprint density at radius 3 is 2.45 bits per heavy atom. The first-order valence-electron chi connectivity index (χ1n) is 8.85. The summed E-state index contributed by atoms with van der Waals surface area (Å²) < 4.78 is 66.9. The normalized spacial score (nSPS) is 12.1. The third-order valence-electron chi connectivity index (χ3n) is 4.13. The van der Waals surface area contributed by atoms with Crippen LogP contribution in [0.5, 0.6) is 0 Å². The number of nitrogens with zero attached hydrogens (tertiary/aromatic N) is 3. The van der Waals surface area contributed by atoms with Crippen LogP contribution < -0.4 is 4.72 Å². The van der Waals surface area contributed by atoms with Crippen molar-refractivity contribution in [3.8, 4) is 0 Å². The van der Waals surface area contributed by atoms with Crippen molar-refractivity contribution in [2.75, 3.05) is 4.72 Å². The summed E-state index contributed by atoms with van der Waals surface area (Å²) in [4.78, 5) is 3.96. The molecule has 0 aliphatic carbocycles. The van der Waals surface area contributed by atoms with Gasteiger partial charge in [0.1, 0.15) is 6.33 Å². The van der Waals surface area contributed by atoms with Crippen LogP contribution in [0.4, 0.5) is 19.1 Å². The number of halogens is 3. The van der Waals surface area contributed by atoms with E-state index in [0.29, 0.717) is 5.56 Å². The topological polar surface area (TPSA) is 76.9 Å². The molecule has 0 spiro atoms. The van der Waals surface area contributed by atoms with Crippen LogP contribution in [0.2, 0.25) is 0 Å². The average molecular weight is 424 g/mol. The molecule has 0 atom stereocenters. The molecule has 0 radical (unpaired) electrons. The summed E-state index contributed by atoms with van der Waals surface area (Å²) in [6, 6.07) is 11.3. The van der Waals surface area contributed by atoms with Crippen LogP contribution in [-0.2, 0) is 29.2 Å². The van der Waals surface area contributed by atoms with E-state index in [-0.39, 0.29) is 17.4 Å². The highest BCUT2D eigenvalue weighted by molar-refractivity contribution is 7.92. The molecule has 3 rings (SSSR count). The second-order valence-electron chi connectivity index (χ2n) is 6.46. The van der Waals surface area contributed by atoms with Gasteiger partial charge in [0.2, 0.25) is 0 Å². The predicted molar refractivity (Wildman–Crippen MR) is 102 cm³/mol. The lowest BCUT2D eigenvalue weighted by molar-refractivity contribution is -0.137. The minimum absolute atomic E-state index is 0.0182. The van der Waals surface area contributed by atoms with E-state index in [9.17, 15) is 21.6 Å². The first-order valence-corrected chi connectivity index (χ1v) is 10.3. The van der Waals surface area contributed by atoms with Gasteiger partial charge in [0.05, 0.1) is 17.0 Å². The van der Waals surface area contributed by atoms with Crippen molar-refractivity contribution in [3.63, 3.8) is 0 Å². The van der Waals surface area contributed by atoms with Gasteiger partial charge in [0.25, 0.3) is 16.0 Å².